The molecule has 1 N–H and O–H groups in total. The standard InChI is InChI=1S/C5H10BNO/c1-3-7-5(8)4-6-2/h2-4H2,1H3,(H,7,8). The van der Waals surface area contributed by atoms with Crippen LogP contribution in [0.2, 0.25) is 6.32 Å². The van der Waals surface area contributed by atoms with Crippen LogP contribution in [0.1, 0.15) is 6.92 Å². The van der Waals surface area contributed by atoms with Crippen molar-refractivity contribution in [2.24, 2.45) is 0 Å². The zero-order chi connectivity index (χ0) is 6.41. The summed E-state index contributed by atoms with van der Waals surface area (Å²) in [6, 6.07) is 0. The quantitative estimate of drug-likeness (QED) is 0.496. The predicted molar refractivity (Wildman–Crippen MR) is 36.4 cm³/mol. The van der Waals surface area contributed by atoms with Crippen LogP contribution in [0.5, 0.6) is 0 Å². The normalized spacial score (nSPS) is 7.62. The Morgan fingerprint density at radius 1 is 1.88 bits per heavy atom. The second-order valence-corrected chi connectivity index (χ2v) is 1.45. The van der Waals surface area contributed by atoms with E-state index >= 15 is 0 Å². The average Bonchev–Trinajstić information content (AvgIpc) is 1.68. The number of rotatable bonds is 3. The Hall–Kier alpha value is -0.595. The summed E-state index contributed by atoms with van der Waals surface area (Å²) in [6.07, 6.45) is 0.424. The summed E-state index contributed by atoms with van der Waals surface area (Å²) in [6.45, 7) is 7.60. The van der Waals surface area contributed by atoms with Crippen LogP contribution in [0.3, 0.4) is 0 Å². The van der Waals surface area contributed by atoms with E-state index in [0.717, 1.165) is 0 Å². The summed E-state index contributed by atoms with van der Waals surface area (Å²) >= 11 is 0. The van der Waals surface area contributed by atoms with Crippen LogP contribution in [0.15, 0.2) is 0 Å². The predicted octanol–water partition coefficient (Wildman–Crippen LogP) is -0.323. The molecule has 0 fully saturated rings. The molecule has 0 aliphatic carbocycles. The molecule has 0 radical (unpaired) electrons. The second-order valence-electron chi connectivity index (χ2n) is 1.45. The Balaban J connectivity index is 3.18. The molecular weight excluding hydrogens is 101 g/mol. The Morgan fingerprint density at radius 3 is 2.88 bits per heavy atom. The van der Waals surface area contributed by atoms with E-state index < -0.39 is 0 Å². The number of carbonyl (C=O) groups excluding carboxylic acids is 1. The third-order valence-electron chi connectivity index (χ3n) is 0.704. The van der Waals surface area contributed by atoms with Crippen LogP contribution in [-0.4, -0.2) is 25.8 Å². The molecule has 0 spiro atoms. The zero-order valence-corrected chi connectivity index (χ0v) is 5.11. The minimum atomic E-state index is 0.0440. The number of amides is 1. The van der Waals surface area contributed by atoms with E-state index in [9.17, 15) is 4.79 Å². The van der Waals surface area contributed by atoms with Gasteiger partial charge in [0.2, 0.25) is 0 Å². The van der Waals surface area contributed by atoms with Gasteiger partial charge in [-0.3, -0.25) is 0 Å². The first-order valence-electron chi connectivity index (χ1n) is 2.68. The van der Waals surface area contributed by atoms with Gasteiger partial charge in [-0.2, -0.15) is 0 Å². The fourth-order valence-corrected chi connectivity index (χ4v) is 0.400. The SMILES string of the molecule is C=BCC(=O)NCC. The van der Waals surface area contributed by atoms with Gasteiger partial charge in [-0.15, -0.1) is 0 Å². The molecule has 0 rings (SSSR count). The molecule has 0 aliphatic rings. The van der Waals surface area contributed by atoms with Crippen LogP contribution in [0.25, 0.3) is 0 Å². The number of hydrogen-bond acceptors (Lipinski definition) is 1. The molecule has 0 aromatic rings. The van der Waals surface area contributed by atoms with Crippen molar-refractivity contribution in [3.8, 4) is 0 Å². The van der Waals surface area contributed by atoms with Crippen LogP contribution >= 0.6 is 0 Å². The first-order chi connectivity index (χ1) is 3.81. The van der Waals surface area contributed by atoms with Crippen molar-refractivity contribution in [2.75, 3.05) is 6.54 Å². The molecule has 8 heavy (non-hydrogen) atoms. The van der Waals surface area contributed by atoms with Crippen molar-refractivity contribution in [3.63, 3.8) is 0 Å². The molecule has 0 aromatic heterocycles. The van der Waals surface area contributed by atoms with Gasteiger partial charge in [0.15, 0.2) is 0 Å². The summed E-state index contributed by atoms with van der Waals surface area (Å²) in [4.78, 5) is 10.5. The maximum atomic E-state index is 10.5. The number of hydrogen-bond donors (Lipinski definition) is 1. The molecule has 0 unspecified atom stereocenters. The Bertz CT molecular complexity index is 92.4. The molecule has 0 saturated carbocycles. The summed E-state index contributed by atoms with van der Waals surface area (Å²) in [7, 11) is 0. The molecule has 0 atom stereocenters. The van der Waals surface area contributed by atoms with Gasteiger partial charge >= 0.3 is 49.2 Å². The fraction of sp³-hybridized carbons (Fsp3) is 0.600. The monoisotopic (exact) mass is 111 g/mol. The van der Waals surface area contributed by atoms with Crippen molar-refractivity contribution >= 4 is 19.3 Å². The second kappa shape index (κ2) is 4.56. The molecule has 44 valence electrons. The van der Waals surface area contributed by atoms with Crippen LogP contribution in [0, 0.1) is 0 Å². The van der Waals surface area contributed by atoms with Crippen molar-refractivity contribution < 1.29 is 4.79 Å². The van der Waals surface area contributed by atoms with Gasteiger partial charge in [-0.1, -0.05) is 0 Å². The number of nitrogens with one attached hydrogen (secondary N) is 1. The molecule has 0 aliphatic heterocycles. The summed E-state index contributed by atoms with van der Waals surface area (Å²) in [5.74, 6) is 0.0440. The average molecular weight is 111 g/mol. The van der Waals surface area contributed by atoms with E-state index in [1.54, 1.807) is 6.92 Å². The van der Waals surface area contributed by atoms with E-state index in [-0.39, 0.29) is 5.91 Å². The van der Waals surface area contributed by atoms with E-state index in [4.69, 9.17) is 0 Å². The Kier molecular flexibility index (Phi) is 4.22. The minimum absolute atomic E-state index is 0.0440. The van der Waals surface area contributed by atoms with E-state index in [1.807, 2.05) is 6.92 Å². The van der Waals surface area contributed by atoms with Crippen LogP contribution < -0.4 is 5.32 Å². The molecule has 0 bridgehead atoms. The van der Waals surface area contributed by atoms with Gasteiger partial charge < -0.3 is 0 Å². The molecule has 0 heterocycles. The van der Waals surface area contributed by atoms with Crippen molar-refractivity contribution in [2.45, 2.75) is 13.2 Å². The van der Waals surface area contributed by atoms with Gasteiger partial charge in [-0.05, 0) is 0 Å². The van der Waals surface area contributed by atoms with E-state index in [1.165, 1.54) is 0 Å². The van der Waals surface area contributed by atoms with Gasteiger partial charge in [-0.25, -0.2) is 0 Å². The fourth-order valence-electron chi connectivity index (χ4n) is 0.400. The first kappa shape index (κ1) is 7.40. The van der Waals surface area contributed by atoms with Gasteiger partial charge in [0, 0.05) is 0 Å². The Labute approximate surface area is 50.2 Å². The first-order valence-corrected chi connectivity index (χ1v) is 2.68. The maximum absolute atomic E-state index is 10.5. The third kappa shape index (κ3) is 3.59. The topological polar surface area (TPSA) is 29.1 Å². The molecule has 0 saturated heterocycles. The van der Waals surface area contributed by atoms with Gasteiger partial charge in [0.25, 0.3) is 0 Å². The molecule has 0 aromatic carbocycles. The van der Waals surface area contributed by atoms with E-state index in [0.29, 0.717) is 12.9 Å². The van der Waals surface area contributed by atoms with Crippen molar-refractivity contribution in [1.82, 2.24) is 5.32 Å². The molecule has 3 heteroatoms. The van der Waals surface area contributed by atoms with Crippen molar-refractivity contribution in [1.29, 1.82) is 0 Å². The van der Waals surface area contributed by atoms with E-state index in [2.05, 4.69) is 11.8 Å². The van der Waals surface area contributed by atoms with Crippen LogP contribution in [0.4, 0.5) is 0 Å². The zero-order valence-electron chi connectivity index (χ0n) is 5.11. The molecule has 1 amide bonds. The van der Waals surface area contributed by atoms with Crippen molar-refractivity contribution in [3.05, 3.63) is 0 Å². The molecular formula is C5H10BNO. The Morgan fingerprint density at radius 2 is 2.50 bits per heavy atom. The summed E-state index contributed by atoms with van der Waals surface area (Å²) < 4.78 is 0. The van der Waals surface area contributed by atoms with Gasteiger partial charge in [0.1, 0.15) is 0 Å². The third-order valence-corrected chi connectivity index (χ3v) is 0.704. The number of carbonyl (C=O) groups is 1. The van der Waals surface area contributed by atoms with Gasteiger partial charge in [0.05, 0.1) is 0 Å². The summed E-state index contributed by atoms with van der Waals surface area (Å²) in [5, 5.41) is 2.64. The molecule has 2 nitrogen and oxygen atoms in total. The summed E-state index contributed by atoms with van der Waals surface area (Å²) in [5.41, 5.74) is 0. The van der Waals surface area contributed by atoms with Crippen LogP contribution in [-0.2, 0) is 4.79 Å².